The van der Waals surface area contributed by atoms with Gasteiger partial charge in [-0.1, -0.05) is 18.9 Å². The number of furan rings is 1. The van der Waals surface area contributed by atoms with Gasteiger partial charge in [-0.25, -0.2) is 4.79 Å². The van der Waals surface area contributed by atoms with Crippen LogP contribution < -0.4 is 0 Å². The molecule has 0 atom stereocenters. The van der Waals surface area contributed by atoms with E-state index in [1.54, 1.807) is 18.3 Å². The Morgan fingerprint density at radius 3 is 2.70 bits per heavy atom. The number of hydrogen-bond acceptors (Lipinski definition) is 3. The number of fused-ring (bicyclic) bond motifs is 1. The number of carboxylic acid groups (broad SMARTS) is 1. The van der Waals surface area contributed by atoms with E-state index in [4.69, 9.17) is 4.42 Å². The number of carboxylic acids is 1. The zero-order valence-electron chi connectivity index (χ0n) is 12.7. The zero-order valence-corrected chi connectivity index (χ0v) is 12.7. The summed E-state index contributed by atoms with van der Waals surface area (Å²) >= 11 is 0. The van der Waals surface area contributed by atoms with E-state index in [0.29, 0.717) is 11.5 Å². The third-order valence-corrected chi connectivity index (χ3v) is 4.64. The maximum atomic E-state index is 11.2. The third kappa shape index (κ3) is 2.40. The molecule has 3 aromatic rings. The normalized spacial score (nSPS) is 15.3. The smallest absolute Gasteiger partial charge is 0.335 e. The Kier molecular flexibility index (Phi) is 3.37. The van der Waals surface area contributed by atoms with Crippen molar-refractivity contribution in [3.05, 3.63) is 53.7 Å². The maximum absolute atomic E-state index is 11.2. The molecular formula is C19H17NO3. The van der Waals surface area contributed by atoms with Crippen molar-refractivity contribution in [2.24, 2.45) is 0 Å². The van der Waals surface area contributed by atoms with Crippen molar-refractivity contribution >= 4 is 16.9 Å². The first-order valence-corrected chi connectivity index (χ1v) is 7.95. The predicted octanol–water partition coefficient (Wildman–Crippen LogP) is 4.85. The molecule has 1 aliphatic rings. The van der Waals surface area contributed by atoms with Crippen LogP contribution >= 0.6 is 0 Å². The van der Waals surface area contributed by atoms with E-state index in [1.807, 2.05) is 24.3 Å². The van der Waals surface area contributed by atoms with Crippen molar-refractivity contribution in [2.75, 3.05) is 0 Å². The van der Waals surface area contributed by atoms with Crippen LogP contribution in [0.4, 0.5) is 0 Å². The maximum Gasteiger partial charge on any atom is 0.335 e. The van der Waals surface area contributed by atoms with E-state index in [9.17, 15) is 9.90 Å². The highest BCUT2D eigenvalue weighted by Gasteiger charge is 2.27. The molecule has 0 saturated heterocycles. The number of hydrogen-bond donors (Lipinski definition) is 1. The Morgan fingerprint density at radius 2 is 2.00 bits per heavy atom. The van der Waals surface area contributed by atoms with Crippen LogP contribution in [0.5, 0.6) is 0 Å². The molecule has 0 aliphatic heterocycles. The molecule has 1 aromatic carbocycles. The quantitative estimate of drug-likeness (QED) is 0.751. The summed E-state index contributed by atoms with van der Waals surface area (Å²) in [5.74, 6) is 0.309. The zero-order chi connectivity index (χ0) is 15.8. The van der Waals surface area contributed by atoms with Gasteiger partial charge in [0.05, 0.1) is 5.56 Å². The summed E-state index contributed by atoms with van der Waals surface area (Å²) in [6.45, 7) is 0. The number of pyridine rings is 1. The van der Waals surface area contributed by atoms with Crippen LogP contribution in [0, 0.1) is 0 Å². The highest BCUT2D eigenvalue weighted by atomic mass is 16.4. The standard InChI is InChI=1S/C19H17NO3/c21-19(22)13-8-9-14-16(11-13)23-18(15-7-3-4-10-20-15)17(14)12-5-1-2-6-12/h3-4,7-12H,1-2,5-6H2,(H,21,22). The van der Waals surface area contributed by atoms with Crippen LogP contribution in [0.25, 0.3) is 22.4 Å². The van der Waals surface area contributed by atoms with Crippen molar-refractivity contribution in [3.8, 4) is 11.5 Å². The van der Waals surface area contributed by atoms with Crippen molar-refractivity contribution in [1.29, 1.82) is 0 Å². The van der Waals surface area contributed by atoms with Crippen molar-refractivity contribution < 1.29 is 14.3 Å². The van der Waals surface area contributed by atoms with E-state index in [1.165, 1.54) is 18.4 Å². The van der Waals surface area contributed by atoms with Gasteiger partial charge in [0.15, 0.2) is 5.76 Å². The summed E-state index contributed by atoms with van der Waals surface area (Å²) in [5.41, 5.74) is 2.87. The summed E-state index contributed by atoms with van der Waals surface area (Å²) in [5, 5.41) is 10.2. The van der Waals surface area contributed by atoms with Crippen LogP contribution in [-0.2, 0) is 0 Å². The summed E-state index contributed by atoms with van der Waals surface area (Å²) in [7, 11) is 0. The number of aromatic carboxylic acids is 1. The van der Waals surface area contributed by atoms with Gasteiger partial charge in [0, 0.05) is 17.1 Å². The summed E-state index contributed by atoms with van der Waals surface area (Å²) in [4.78, 5) is 15.6. The van der Waals surface area contributed by atoms with E-state index < -0.39 is 5.97 Å². The lowest BCUT2D eigenvalue weighted by atomic mass is 9.93. The lowest BCUT2D eigenvalue weighted by Gasteiger charge is -2.10. The highest BCUT2D eigenvalue weighted by molar-refractivity contribution is 5.95. The molecule has 4 heteroatoms. The van der Waals surface area contributed by atoms with Gasteiger partial charge in [0.25, 0.3) is 0 Å². The number of nitrogens with zero attached hydrogens (tertiary/aromatic N) is 1. The number of aromatic nitrogens is 1. The van der Waals surface area contributed by atoms with Gasteiger partial charge in [-0.05, 0) is 49.1 Å². The molecule has 1 fully saturated rings. The van der Waals surface area contributed by atoms with Gasteiger partial charge in [-0.15, -0.1) is 0 Å². The molecule has 1 saturated carbocycles. The van der Waals surface area contributed by atoms with Gasteiger partial charge >= 0.3 is 5.97 Å². The molecule has 23 heavy (non-hydrogen) atoms. The number of carbonyl (C=O) groups is 1. The Labute approximate surface area is 133 Å². The molecule has 0 unspecified atom stereocenters. The molecular weight excluding hydrogens is 290 g/mol. The van der Waals surface area contributed by atoms with Crippen LogP contribution in [0.1, 0.15) is 47.5 Å². The van der Waals surface area contributed by atoms with E-state index >= 15 is 0 Å². The van der Waals surface area contributed by atoms with Crippen LogP contribution in [-0.4, -0.2) is 16.1 Å². The summed E-state index contributed by atoms with van der Waals surface area (Å²) in [6.07, 6.45) is 6.51. The minimum atomic E-state index is -0.940. The SMILES string of the molecule is O=C(O)c1ccc2c(C3CCCC3)c(-c3ccccn3)oc2c1. The highest BCUT2D eigenvalue weighted by Crippen LogP contribution is 2.44. The third-order valence-electron chi connectivity index (χ3n) is 4.64. The van der Waals surface area contributed by atoms with Gasteiger partial charge in [0.2, 0.25) is 0 Å². The first-order chi connectivity index (χ1) is 11.2. The molecule has 1 aliphatic carbocycles. The molecule has 0 bridgehead atoms. The minimum absolute atomic E-state index is 0.247. The molecule has 4 rings (SSSR count). The second-order valence-corrected chi connectivity index (χ2v) is 6.06. The average Bonchev–Trinajstić information content (AvgIpc) is 3.21. The number of rotatable bonds is 3. The second kappa shape index (κ2) is 5.54. The lowest BCUT2D eigenvalue weighted by Crippen LogP contribution is -1.96. The first-order valence-electron chi connectivity index (χ1n) is 7.95. The predicted molar refractivity (Wildman–Crippen MR) is 87.6 cm³/mol. The van der Waals surface area contributed by atoms with Crippen molar-refractivity contribution in [1.82, 2.24) is 4.98 Å². The van der Waals surface area contributed by atoms with E-state index in [-0.39, 0.29) is 5.56 Å². The molecule has 0 spiro atoms. The topological polar surface area (TPSA) is 63.3 Å². The van der Waals surface area contributed by atoms with Crippen LogP contribution in [0.3, 0.4) is 0 Å². The van der Waals surface area contributed by atoms with Gasteiger partial charge in [-0.2, -0.15) is 0 Å². The average molecular weight is 307 g/mol. The minimum Gasteiger partial charge on any atom is -0.478 e. The van der Waals surface area contributed by atoms with Crippen molar-refractivity contribution in [2.45, 2.75) is 31.6 Å². The van der Waals surface area contributed by atoms with Crippen LogP contribution in [0.2, 0.25) is 0 Å². The first kappa shape index (κ1) is 14.0. The van der Waals surface area contributed by atoms with Gasteiger partial charge in [-0.3, -0.25) is 4.98 Å². The fourth-order valence-electron chi connectivity index (χ4n) is 3.56. The Morgan fingerprint density at radius 1 is 1.17 bits per heavy atom. The monoisotopic (exact) mass is 307 g/mol. The van der Waals surface area contributed by atoms with Gasteiger partial charge < -0.3 is 9.52 Å². The molecule has 2 aromatic heterocycles. The Balaban J connectivity index is 1.96. The van der Waals surface area contributed by atoms with Crippen molar-refractivity contribution in [3.63, 3.8) is 0 Å². The summed E-state index contributed by atoms with van der Waals surface area (Å²) < 4.78 is 6.06. The Bertz CT molecular complexity index is 861. The van der Waals surface area contributed by atoms with E-state index in [2.05, 4.69) is 4.98 Å². The second-order valence-electron chi connectivity index (χ2n) is 6.06. The molecule has 0 radical (unpaired) electrons. The molecule has 4 nitrogen and oxygen atoms in total. The largest absolute Gasteiger partial charge is 0.478 e. The Hall–Kier alpha value is -2.62. The lowest BCUT2D eigenvalue weighted by molar-refractivity contribution is 0.0697. The molecule has 2 heterocycles. The van der Waals surface area contributed by atoms with E-state index in [0.717, 1.165) is 29.7 Å². The molecule has 116 valence electrons. The number of benzene rings is 1. The molecule has 0 amide bonds. The molecule has 1 N–H and O–H groups in total. The summed E-state index contributed by atoms with van der Waals surface area (Å²) in [6, 6.07) is 10.9. The van der Waals surface area contributed by atoms with Gasteiger partial charge in [0.1, 0.15) is 11.3 Å². The fourth-order valence-corrected chi connectivity index (χ4v) is 3.56. The van der Waals surface area contributed by atoms with Crippen LogP contribution in [0.15, 0.2) is 47.0 Å². The fraction of sp³-hybridized carbons (Fsp3) is 0.263.